The minimum Gasteiger partial charge on any atom is -0.367 e. The van der Waals surface area contributed by atoms with Crippen LogP contribution in [0.4, 0.5) is 16.2 Å². The van der Waals surface area contributed by atoms with E-state index in [1.165, 1.54) is 12.1 Å². The van der Waals surface area contributed by atoms with Crippen LogP contribution in [-0.2, 0) is 4.79 Å². The predicted molar refractivity (Wildman–Crippen MR) is 79.0 cm³/mol. The van der Waals surface area contributed by atoms with Crippen molar-refractivity contribution in [2.45, 2.75) is 18.4 Å². The molecule has 1 spiro atoms. The minimum atomic E-state index is -0.958. The van der Waals surface area contributed by atoms with E-state index in [0.29, 0.717) is 25.1 Å². The zero-order valence-corrected chi connectivity index (χ0v) is 12.2. The molecule has 1 aromatic rings. The summed E-state index contributed by atoms with van der Waals surface area (Å²) in [5, 5.41) is 15.9. The molecule has 1 atom stereocenters. The lowest BCUT2D eigenvalue weighted by Crippen LogP contribution is -2.58. The van der Waals surface area contributed by atoms with Gasteiger partial charge >= 0.3 is 6.03 Å². The Hall–Kier alpha value is -2.35. The third kappa shape index (κ3) is 2.35. The molecule has 2 heterocycles. The average molecular weight is 325 g/mol. The Kier molecular flexibility index (Phi) is 3.40. The molecule has 1 unspecified atom stereocenters. The van der Waals surface area contributed by atoms with Crippen molar-refractivity contribution in [1.29, 1.82) is 0 Å². The molecule has 22 heavy (non-hydrogen) atoms. The Balaban J connectivity index is 1.88. The topological polar surface area (TPSA) is 105 Å². The number of halogens is 1. The quantitative estimate of drug-likeness (QED) is 0.486. The molecule has 0 radical (unpaired) electrons. The Labute approximate surface area is 130 Å². The number of piperidine rings is 1. The number of hydrogen-bond donors (Lipinski definition) is 2. The van der Waals surface area contributed by atoms with Crippen molar-refractivity contribution in [3.05, 3.63) is 33.3 Å². The molecule has 0 aromatic heterocycles. The van der Waals surface area contributed by atoms with E-state index in [0.717, 1.165) is 0 Å². The lowest BCUT2D eigenvalue weighted by atomic mass is 9.89. The fourth-order valence-corrected chi connectivity index (χ4v) is 3.24. The van der Waals surface area contributed by atoms with Crippen molar-refractivity contribution in [2.75, 3.05) is 18.0 Å². The largest absolute Gasteiger partial charge is 0.367 e. The van der Waals surface area contributed by atoms with E-state index in [1.54, 1.807) is 6.07 Å². The second kappa shape index (κ2) is 5.13. The molecule has 3 amide bonds. The third-order valence-corrected chi connectivity index (χ3v) is 4.29. The number of amides is 3. The van der Waals surface area contributed by atoms with Gasteiger partial charge in [0.15, 0.2) is 0 Å². The van der Waals surface area contributed by atoms with Crippen LogP contribution >= 0.6 is 11.6 Å². The number of non-ortho nitro benzene ring substituents is 1. The lowest BCUT2D eigenvalue weighted by molar-refractivity contribution is -0.384. The summed E-state index contributed by atoms with van der Waals surface area (Å²) in [6, 6.07) is 3.72. The van der Waals surface area contributed by atoms with Crippen LogP contribution in [0.3, 0.4) is 0 Å². The summed E-state index contributed by atoms with van der Waals surface area (Å²) in [6.45, 7) is 0.935. The number of carbonyl (C=O) groups excluding carboxylic acids is 2. The summed E-state index contributed by atoms with van der Waals surface area (Å²) in [4.78, 5) is 35.5. The Bertz CT molecular complexity index is 680. The number of nitro groups is 1. The minimum absolute atomic E-state index is 0.0904. The highest BCUT2D eigenvalue weighted by Crippen LogP contribution is 2.34. The molecule has 0 aliphatic carbocycles. The summed E-state index contributed by atoms with van der Waals surface area (Å²) in [6.07, 6.45) is 1.24. The first-order valence-electron chi connectivity index (χ1n) is 6.74. The molecule has 9 heteroatoms. The summed E-state index contributed by atoms with van der Waals surface area (Å²) in [7, 11) is 0. The molecule has 2 aliphatic rings. The van der Waals surface area contributed by atoms with E-state index in [4.69, 9.17) is 11.6 Å². The van der Waals surface area contributed by atoms with E-state index >= 15 is 0 Å². The SMILES string of the molecule is O=C1NC(=O)C2(CCCN(c3ccc([N+](=O)[O-])cc3Cl)C2)N1. The van der Waals surface area contributed by atoms with Crippen LogP contribution in [0.15, 0.2) is 18.2 Å². The van der Waals surface area contributed by atoms with E-state index in [9.17, 15) is 19.7 Å². The Morgan fingerprint density at radius 3 is 2.73 bits per heavy atom. The maximum absolute atomic E-state index is 12.0. The van der Waals surface area contributed by atoms with Crippen molar-refractivity contribution in [3.63, 3.8) is 0 Å². The number of anilines is 1. The van der Waals surface area contributed by atoms with Gasteiger partial charge in [0.1, 0.15) is 5.54 Å². The van der Waals surface area contributed by atoms with Crippen LogP contribution in [-0.4, -0.2) is 35.5 Å². The summed E-state index contributed by atoms with van der Waals surface area (Å²) < 4.78 is 0. The van der Waals surface area contributed by atoms with Gasteiger partial charge in [-0.2, -0.15) is 0 Å². The molecule has 116 valence electrons. The summed E-state index contributed by atoms with van der Waals surface area (Å²) >= 11 is 6.13. The number of nitrogens with one attached hydrogen (secondary N) is 2. The number of urea groups is 1. The zero-order chi connectivity index (χ0) is 15.9. The molecule has 1 aromatic carbocycles. The summed E-state index contributed by atoms with van der Waals surface area (Å²) in [5.74, 6) is -0.347. The van der Waals surface area contributed by atoms with Gasteiger partial charge in [-0.05, 0) is 18.9 Å². The maximum atomic E-state index is 12.0. The Morgan fingerprint density at radius 2 is 2.14 bits per heavy atom. The lowest BCUT2D eigenvalue weighted by Gasteiger charge is -2.39. The van der Waals surface area contributed by atoms with Gasteiger partial charge in [0, 0.05) is 18.7 Å². The van der Waals surface area contributed by atoms with Gasteiger partial charge in [-0.1, -0.05) is 11.6 Å². The van der Waals surface area contributed by atoms with Gasteiger partial charge in [0.05, 0.1) is 22.2 Å². The van der Waals surface area contributed by atoms with Gasteiger partial charge in [0.2, 0.25) is 0 Å². The highest BCUT2D eigenvalue weighted by Gasteiger charge is 2.48. The van der Waals surface area contributed by atoms with Gasteiger partial charge in [-0.25, -0.2) is 4.79 Å². The summed E-state index contributed by atoms with van der Waals surface area (Å²) in [5.41, 5.74) is -0.437. The maximum Gasteiger partial charge on any atom is 0.322 e. The van der Waals surface area contributed by atoms with Gasteiger partial charge in [0.25, 0.3) is 11.6 Å². The monoisotopic (exact) mass is 324 g/mol. The van der Waals surface area contributed by atoms with Crippen LogP contribution in [0.5, 0.6) is 0 Å². The van der Waals surface area contributed by atoms with E-state index < -0.39 is 16.5 Å². The number of nitro benzene ring substituents is 1. The van der Waals surface area contributed by atoms with Crippen molar-refractivity contribution >= 4 is 34.9 Å². The highest BCUT2D eigenvalue weighted by molar-refractivity contribution is 6.33. The molecule has 2 saturated heterocycles. The van der Waals surface area contributed by atoms with Crippen LogP contribution in [0.25, 0.3) is 0 Å². The molecule has 3 rings (SSSR count). The van der Waals surface area contributed by atoms with Crippen molar-refractivity contribution in [2.24, 2.45) is 0 Å². The zero-order valence-electron chi connectivity index (χ0n) is 11.5. The smallest absolute Gasteiger partial charge is 0.322 e. The number of hydrogen-bond acceptors (Lipinski definition) is 5. The second-order valence-electron chi connectivity index (χ2n) is 5.41. The van der Waals surface area contributed by atoms with Crippen molar-refractivity contribution < 1.29 is 14.5 Å². The number of benzene rings is 1. The van der Waals surface area contributed by atoms with Crippen LogP contribution in [0, 0.1) is 10.1 Å². The van der Waals surface area contributed by atoms with Crippen LogP contribution in [0.2, 0.25) is 5.02 Å². The molecule has 2 N–H and O–H groups in total. The standard InChI is InChI=1S/C13H13ClN4O4/c14-9-6-8(18(21)22)2-3-10(9)17-5-1-4-13(7-17)11(19)15-12(20)16-13/h2-3,6H,1,4-5,7H2,(H2,15,16,19,20). The fraction of sp³-hybridized carbons (Fsp3) is 0.385. The van der Waals surface area contributed by atoms with Gasteiger partial charge in [-0.3, -0.25) is 20.2 Å². The number of imide groups is 1. The van der Waals surface area contributed by atoms with E-state index in [-0.39, 0.29) is 23.2 Å². The molecular weight excluding hydrogens is 312 g/mol. The first-order valence-corrected chi connectivity index (χ1v) is 7.12. The highest BCUT2D eigenvalue weighted by atomic mass is 35.5. The first kappa shape index (κ1) is 14.6. The molecular formula is C13H13ClN4O4. The molecule has 2 fully saturated rings. The van der Waals surface area contributed by atoms with Crippen LogP contribution < -0.4 is 15.5 Å². The van der Waals surface area contributed by atoms with Crippen LogP contribution in [0.1, 0.15) is 12.8 Å². The third-order valence-electron chi connectivity index (χ3n) is 3.99. The molecule has 0 bridgehead atoms. The first-order chi connectivity index (χ1) is 10.4. The van der Waals surface area contributed by atoms with Gasteiger partial charge < -0.3 is 10.2 Å². The molecule has 2 aliphatic heterocycles. The number of nitrogens with zero attached hydrogens (tertiary/aromatic N) is 2. The number of carbonyl (C=O) groups is 2. The number of rotatable bonds is 2. The second-order valence-corrected chi connectivity index (χ2v) is 5.82. The fourth-order valence-electron chi connectivity index (χ4n) is 2.94. The Morgan fingerprint density at radius 1 is 1.36 bits per heavy atom. The average Bonchev–Trinajstić information content (AvgIpc) is 2.72. The van der Waals surface area contributed by atoms with E-state index in [2.05, 4.69) is 10.6 Å². The molecule has 8 nitrogen and oxygen atoms in total. The van der Waals surface area contributed by atoms with Crippen molar-refractivity contribution in [3.8, 4) is 0 Å². The predicted octanol–water partition coefficient (Wildman–Crippen LogP) is 1.43. The molecule has 0 saturated carbocycles. The van der Waals surface area contributed by atoms with Crippen molar-refractivity contribution in [1.82, 2.24) is 10.6 Å². The van der Waals surface area contributed by atoms with E-state index in [1.807, 2.05) is 4.90 Å². The van der Waals surface area contributed by atoms with Gasteiger partial charge in [-0.15, -0.1) is 0 Å². The normalized spacial score (nSPS) is 24.3.